The van der Waals surface area contributed by atoms with Gasteiger partial charge in [0.2, 0.25) is 0 Å². The maximum atomic E-state index is 7.86. The maximum Gasteiger partial charge on any atom is 0.126 e. The zero-order valence-corrected chi connectivity index (χ0v) is 16.2. The van der Waals surface area contributed by atoms with Gasteiger partial charge in [-0.15, -0.1) is 0 Å². The van der Waals surface area contributed by atoms with Crippen molar-refractivity contribution in [3.05, 3.63) is 47.1 Å². The fraction of sp³-hybridized carbons (Fsp3) is 0.565. The van der Waals surface area contributed by atoms with Crippen LogP contribution in [0.1, 0.15) is 74.0 Å². The zero-order chi connectivity index (χ0) is 20.9. The summed E-state index contributed by atoms with van der Waals surface area (Å²) in [7, 11) is 3.34. The molecule has 2 unspecified atom stereocenters. The third kappa shape index (κ3) is 4.68. The SMILES string of the molecule is [2H]C([2H])([2H])C1=CC(c2c(OC)cc(CCCCC)cc2OC)C(C(=C)C)CC1. The Labute approximate surface area is 158 Å². The minimum absolute atomic E-state index is 0.115. The molecule has 0 bridgehead atoms. The van der Waals surface area contributed by atoms with Crippen LogP contribution in [0.4, 0.5) is 0 Å². The van der Waals surface area contributed by atoms with E-state index in [2.05, 4.69) is 25.6 Å². The lowest BCUT2D eigenvalue weighted by atomic mass is 9.73. The van der Waals surface area contributed by atoms with Gasteiger partial charge in [0.1, 0.15) is 11.5 Å². The lowest BCUT2D eigenvalue weighted by molar-refractivity contribution is 0.368. The number of unbranched alkanes of at least 4 members (excludes halogenated alkanes) is 2. The molecule has 0 aliphatic heterocycles. The van der Waals surface area contributed by atoms with Crippen molar-refractivity contribution in [3.8, 4) is 11.5 Å². The number of methoxy groups -OCH3 is 2. The van der Waals surface area contributed by atoms with E-state index >= 15 is 0 Å². The molecular formula is C23H34O2. The Morgan fingerprint density at radius 3 is 2.44 bits per heavy atom. The molecule has 2 rings (SSSR count). The average molecular weight is 346 g/mol. The van der Waals surface area contributed by atoms with Crippen molar-refractivity contribution in [2.24, 2.45) is 5.92 Å². The van der Waals surface area contributed by atoms with Crippen LogP contribution in [0.15, 0.2) is 35.9 Å². The summed E-state index contributed by atoms with van der Waals surface area (Å²) in [5.74, 6) is 1.59. The summed E-state index contributed by atoms with van der Waals surface area (Å²) >= 11 is 0. The fourth-order valence-electron chi connectivity index (χ4n) is 3.79. The van der Waals surface area contributed by atoms with Crippen LogP contribution < -0.4 is 9.47 Å². The standard InChI is InChI=1S/C23H34O2/c1-7-8-9-10-18-14-21(24-5)23(22(15-18)25-6)20-13-17(4)11-12-19(20)16(2)3/h13-15,19-20H,2,7-12H2,1,3-6H3/i4D3. The molecule has 0 radical (unpaired) electrons. The van der Waals surface area contributed by atoms with E-state index in [1.54, 1.807) is 14.2 Å². The van der Waals surface area contributed by atoms with Gasteiger partial charge >= 0.3 is 0 Å². The topological polar surface area (TPSA) is 18.5 Å². The molecule has 138 valence electrons. The maximum absolute atomic E-state index is 7.86. The lowest BCUT2D eigenvalue weighted by Gasteiger charge is -2.32. The summed E-state index contributed by atoms with van der Waals surface area (Å²) in [6.45, 7) is 6.31. The first-order valence-electron chi connectivity index (χ1n) is 10.8. The Morgan fingerprint density at radius 2 is 1.92 bits per heavy atom. The first-order chi connectivity index (χ1) is 13.2. The van der Waals surface area contributed by atoms with Gasteiger partial charge in [-0.1, -0.05) is 43.6 Å². The van der Waals surface area contributed by atoms with E-state index < -0.39 is 6.85 Å². The highest BCUT2D eigenvalue weighted by Crippen LogP contribution is 2.47. The van der Waals surface area contributed by atoms with Gasteiger partial charge in [-0.3, -0.25) is 0 Å². The Bertz CT molecular complexity index is 694. The van der Waals surface area contributed by atoms with Gasteiger partial charge in [0.15, 0.2) is 0 Å². The largest absolute Gasteiger partial charge is 0.496 e. The fourth-order valence-corrected chi connectivity index (χ4v) is 3.79. The molecule has 1 aliphatic rings. The third-order valence-electron chi connectivity index (χ3n) is 5.18. The van der Waals surface area contributed by atoms with E-state index in [9.17, 15) is 0 Å². The molecule has 25 heavy (non-hydrogen) atoms. The Morgan fingerprint density at radius 1 is 1.24 bits per heavy atom. The summed E-state index contributed by atoms with van der Waals surface area (Å²) in [5.41, 5.74) is 3.69. The molecule has 1 aromatic carbocycles. The number of ether oxygens (including phenoxy) is 2. The first-order valence-corrected chi connectivity index (χ1v) is 9.34. The van der Waals surface area contributed by atoms with E-state index in [-0.39, 0.29) is 11.8 Å². The number of benzene rings is 1. The predicted octanol–water partition coefficient (Wildman–Crippen LogP) is 6.45. The van der Waals surface area contributed by atoms with E-state index in [4.69, 9.17) is 13.6 Å². The second kappa shape index (κ2) is 9.12. The molecule has 0 amide bonds. The van der Waals surface area contributed by atoms with Gasteiger partial charge in [-0.05, 0) is 63.1 Å². The Kier molecular flexibility index (Phi) is 5.67. The van der Waals surface area contributed by atoms with Crippen LogP contribution in [0, 0.1) is 5.92 Å². The second-order valence-electron chi connectivity index (χ2n) is 7.08. The molecule has 2 heteroatoms. The summed E-state index contributed by atoms with van der Waals surface area (Å²) in [4.78, 5) is 0. The van der Waals surface area contributed by atoms with Gasteiger partial charge in [-0.25, -0.2) is 0 Å². The van der Waals surface area contributed by atoms with Crippen molar-refractivity contribution in [1.82, 2.24) is 0 Å². The van der Waals surface area contributed by atoms with E-state index in [1.807, 2.05) is 13.0 Å². The van der Waals surface area contributed by atoms with Crippen LogP contribution in [-0.4, -0.2) is 14.2 Å². The smallest absolute Gasteiger partial charge is 0.126 e. The Balaban J connectivity index is 2.55. The molecule has 0 aromatic heterocycles. The number of hydrogen-bond donors (Lipinski definition) is 0. The van der Waals surface area contributed by atoms with E-state index in [0.717, 1.165) is 41.9 Å². The number of allylic oxidation sites excluding steroid dienone is 3. The molecular weight excluding hydrogens is 308 g/mol. The third-order valence-corrected chi connectivity index (χ3v) is 5.18. The summed E-state index contributed by atoms with van der Waals surface area (Å²) < 4.78 is 35.1. The first kappa shape index (κ1) is 15.5. The second-order valence-corrected chi connectivity index (χ2v) is 7.08. The molecule has 1 aliphatic carbocycles. The summed E-state index contributed by atoms with van der Waals surface area (Å²) in [6.07, 6.45) is 7.73. The van der Waals surface area contributed by atoms with Crippen molar-refractivity contribution < 1.29 is 13.6 Å². The van der Waals surface area contributed by atoms with E-state index in [1.165, 1.54) is 18.4 Å². The molecule has 0 heterocycles. The molecule has 0 saturated carbocycles. The number of hydrogen-bond acceptors (Lipinski definition) is 2. The Hall–Kier alpha value is -1.70. The van der Waals surface area contributed by atoms with Gasteiger partial charge in [0.05, 0.1) is 14.2 Å². The van der Waals surface area contributed by atoms with Gasteiger partial charge in [0, 0.05) is 15.6 Å². The average Bonchev–Trinajstić information content (AvgIpc) is 2.66. The van der Waals surface area contributed by atoms with Crippen molar-refractivity contribution >= 4 is 0 Å². The normalized spacial score (nSPS) is 22.4. The molecule has 2 nitrogen and oxygen atoms in total. The van der Waals surface area contributed by atoms with Gasteiger partial charge in [0.25, 0.3) is 0 Å². The van der Waals surface area contributed by atoms with Crippen molar-refractivity contribution in [2.45, 2.75) is 65.1 Å². The van der Waals surface area contributed by atoms with E-state index in [0.29, 0.717) is 12.0 Å². The minimum Gasteiger partial charge on any atom is -0.496 e. The summed E-state index contributed by atoms with van der Waals surface area (Å²) in [5, 5.41) is 0. The van der Waals surface area contributed by atoms with Crippen LogP contribution in [-0.2, 0) is 6.42 Å². The molecule has 0 spiro atoms. The van der Waals surface area contributed by atoms with Crippen molar-refractivity contribution in [3.63, 3.8) is 0 Å². The molecule has 0 saturated heterocycles. The lowest BCUT2D eigenvalue weighted by Crippen LogP contribution is -2.18. The molecule has 2 atom stereocenters. The minimum atomic E-state index is -2.07. The monoisotopic (exact) mass is 345 g/mol. The highest BCUT2D eigenvalue weighted by Gasteiger charge is 2.30. The van der Waals surface area contributed by atoms with Crippen LogP contribution in [0.2, 0.25) is 0 Å². The van der Waals surface area contributed by atoms with Crippen LogP contribution in [0.3, 0.4) is 0 Å². The highest BCUT2D eigenvalue weighted by atomic mass is 16.5. The van der Waals surface area contributed by atoms with Crippen LogP contribution >= 0.6 is 0 Å². The predicted molar refractivity (Wildman–Crippen MR) is 107 cm³/mol. The number of aryl methyl sites for hydroxylation is 1. The molecule has 1 aromatic rings. The van der Waals surface area contributed by atoms with Gasteiger partial charge < -0.3 is 9.47 Å². The quantitative estimate of drug-likeness (QED) is 0.398. The van der Waals surface area contributed by atoms with Crippen LogP contribution in [0.25, 0.3) is 0 Å². The van der Waals surface area contributed by atoms with Crippen LogP contribution in [0.5, 0.6) is 11.5 Å². The highest BCUT2D eigenvalue weighted by molar-refractivity contribution is 5.53. The zero-order valence-electron chi connectivity index (χ0n) is 19.2. The van der Waals surface area contributed by atoms with Crippen molar-refractivity contribution in [2.75, 3.05) is 14.2 Å². The van der Waals surface area contributed by atoms with Crippen molar-refractivity contribution in [1.29, 1.82) is 0 Å². The summed E-state index contributed by atoms with van der Waals surface area (Å²) in [6, 6.07) is 4.17. The molecule has 0 fully saturated rings. The molecule has 0 N–H and O–H groups in total. The van der Waals surface area contributed by atoms with Gasteiger partial charge in [-0.2, -0.15) is 0 Å². The number of rotatable bonds is 8.